The van der Waals surface area contributed by atoms with E-state index in [-0.39, 0.29) is 57.5 Å². The summed E-state index contributed by atoms with van der Waals surface area (Å²) in [7, 11) is 0. The zero-order chi connectivity index (χ0) is 30.0. The van der Waals surface area contributed by atoms with Crippen molar-refractivity contribution < 1.29 is 33.9 Å². The summed E-state index contributed by atoms with van der Waals surface area (Å²) in [4.78, 5) is 76.1. The van der Waals surface area contributed by atoms with Crippen LogP contribution in [-0.2, 0) is 28.8 Å². The Morgan fingerprint density at radius 3 is 1.64 bits per heavy atom. The van der Waals surface area contributed by atoms with Gasteiger partial charge in [0, 0.05) is 19.4 Å². The zero-order valence-corrected chi connectivity index (χ0v) is 21.9. The molecule has 0 aliphatic heterocycles. The molecule has 5 amide bonds. The molecule has 39 heavy (non-hydrogen) atoms. The number of nitrogens with one attached hydrogen (secondary N) is 3. The fourth-order valence-electron chi connectivity index (χ4n) is 3.33. The van der Waals surface area contributed by atoms with E-state index in [0.717, 1.165) is 0 Å². The van der Waals surface area contributed by atoms with Gasteiger partial charge in [-0.3, -0.25) is 29.0 Å². The second-order valence-electron chi connectivity index (χ2n) is 8.87. The lowest BCUT2D eigenvalue weighted by Crippen LogP contribution is -2.57. The van der Waals surface area contributed by atoms with Crippen molar-refractivity contribution in [2.45, 2.75) is 82.0 Å². The Hall–Kier alpha value is -3.99. The number of aliphatic carboxylic acids is 1. The van der Waals surface area contributed by atoms with Crippen LogP contribution < -0.4 is 50.4 Å². The van der Waals surface area contributed by atoms with Crippen molar-refractivity contribution in [3.05, 3.63) is 0 Å². The number of carboxylic acid groups (broad SMARTS) is 1. The summed E-state index contributed by atoms with van der Waals surface area (Å²) in [6.07, 6.45) is 0.687. The Labute approximate surface area is 226 Å². The van der Waals surface area contributed by atoms with E-state index in [9.17, 15) is 33.9 Å². The molecule has 0 fully saturated rings. The normalized spacial score (nSPS) is 13.7. The number of guanidine groups is 1. The van der Waals surface area contributed by atoms with Crippen LogP contribution in [0.3, 0.4) is 0 Å². The molecule has 16 N–H and O–H groups in total. The van der Waals surface area contributed by atoms with Gasteiger partial charge in [-0.05, 0) is 51.5 Å². The highest BCUT2D eigenvalue weighted by molar-refractivity contribution is 5.94. The third kappa shape index (κ3) is 16.5. The molecule has 0 spiro atoms. The summed E-state index contributed by atoms with van der Waals surface area (Å²) < 4.78 is 0. The van der Waals surface area contributed by atoms with Crippen molar-refractivity contribution in [1.29, 1.82) is 0 Å². The average Bonchev–Trinajstić information content (AvgIpc) is 2.85. The van der Waals surface area contributed by atoms with E-state index in [4.69, 9.17) is 34.4 Å². The molecule has 0 heterocycles. The fourth-order valence-corrected chi connectivity index (χ4v) is 3.33. The van der Waals surface area contributed by atoms with Gasteiger partial charge < -0.3 is 55.5 Å². The molecule has 0 radical (unpaired) electrons. The second-order valence-corrected chi connectivity index (χ2v) is 8.87. The molecular formula is C22H42N10O7. The number of rotatable bonds is 21. The van der Waals surface area contributed by atoms with Gasteiger partial charge >= 0.3 is 5.97 Å². The lowest BCUT2D eigenvalue weighted by atomic mass is 10.0. The van der Waals surface area contributed by atoms with Gasteiger partial charge in [-0.15, -0.1) is 0 Å². The van der Waals surface area contributed by atoms with Crippen molar-refractivity contribution in [3.8, 4) is 0 Å². The predicted molar refractivity (Wildman–Crippen MR) is 141 cm³/mol. The molecule has 0 aromatic rings. The van der Waals surface area contributed by atoms with Crippen molar-refractivity contribution in [2.24, 2.45) is 39.4 Å². The van der Waals surface area contributed by atoms with Crippen molar-refractivity contribution in [3.63, 3.8) is 0 Å². The van der Waals surface area contributed by atoms with Gasteiger partial charge in [-0.25, -0.2) is 4.79 Å². The van der Waals surface area contributed by atoms with Crippen LogP contribution in [0.5, 0.6) is 0 Å². The molecule has 0 bridgehead atoms. The number of carbonyl (C=O) groups is 6. The number of nitrogens with zero attached hydrogens (tertiary/aromatic N) is 1. The van der Waals surface area contributed by atoms with Gasteiger partial charge in [0.05, 0.1) is 6.04 Å². The van der Waals surface area contributed by atoms with Gasteiger partial charge in [0.25, 0.3) is 0 Å². The maximum absolute atomic E-state index is 13.2. The molecule has 0 saturated carbocycles. The van der Waals surface area contributed by atoms with Gasteiger partial charge in [-0.1, -0.05) is 0 Å². The summed E-state index contributed by atoms with van der Waals surface area (Å²) >= 11 is 0. The Bertz CT molecular complexity index is 879. The minimum Gasteiger partial charge on any atom is -0.480 e. The number of aliphatic imine (C=N–C) groups is 1. The molecule has 0 aliphatic rings. The highest BCUT2D eigenvalue weighted by atomic mass is 16.4. The SMILES string of the molecule is NCCCCC(NC(=O)C(CCCN=C(N)N)NC(=O)C(N)CCC(N)=O)C(=O)NC(CCC(N)=O)C(=O)O. The third-order valence-corrected chi connectivity index (χ3v) is 5.49. The number of amides is 5. The van der Waals surface area contributed by atoms with E-state index in [1.165, 1.54) is 0 Å². The molecule has 0 aromatic heterocycles. The van der Waals surface area contributed by atoms with Crippen molar-refractivity contribution in [2.75, 3.05) is 13.1 Å². The highest BCUT2D eigenvalue weighted by Crippen LogP contribution is 2.07. The fraction of sp³-hybridized carbons (Fsp3) is 0.682. The van der Waals surface area contributed by atoms with Gasteiger partial charge in [0.2, 0.25) is 29.5 Å². The lowest BCUT2D eigenvalue weighted by Gasteiger charge is -2.25. The number of primary amides is 2. The van der Waals surface area contributed by atoms with E-state index in [0.29, 0.717) is 19.4 Å². The molecule has 17 heteroatoms. The first kappa shape index (κ1) is 35.0. The van der Waals surface area contributed by atoms with Crippen LogP contribution in [0.25, 0.3) is 0 Å². The molecule has 0 rings (SSSR count). The quantitative estimate of drug-likeness (QED) is 0.0364. The highest BCUT2D eigenvalue weighted by Gasteiger charge is 2.30. The van der Waals surface area contributed by atoms with Crippen LogP contribution in [0, 0.1) is 0 Å². The Kier molecular flexibility index (Phi) is 17.2. The monoisotopic (exact) mass is 558 g/mol. The smallest absolute Gasteiger partial charge is 0.326 e. The number of carbonyl (C=O) groups excluding carboxylic acids is 5. The summed E-state index contributed by atoms with van der Waals surface area (Å²) in [5, 5.41) is 16.7. The molecular weight excluding hydrogens is 516 g/mol. The Morgan fingerprint density at radius 2 is 1.15 bits per heavy atom. The predicted octanol–water partition coefficient (Wildman–Crippen LogP) is -4.43. The molecule has 0 aliphatic carbocycles. The molecule has 222 valence electrons. The minimum atomic E-state index is -1.42. The number of unbranched alkanes of at least 4 members (excludes halogenated alkanes) is 1. The topological polar surface area (TPSA) is 327 Å². The van der Waals surface area contributed by atoms with Crippen molar-refractivity contribution in [1.82, 2.24) is 16.0 Å². The third-order valence-electron chi connectivity index (χ3n) is 5.49. The van der Waals surface area contributed by atoms with Gasteiger partial charge in [-0.2, -0.15) is 0 Å². The maximum atomic E-state index is 13.2. The molecule has 4 atom stereocenters. The minimum absolute atomic E-state index is 0.0461. The number of hydrogen-bond donors (Lipinski definition) is 10. The number of nitrogens with two attached hydrogens (primary N) is 6. The van der Waals surface area contributed by atoms with Crippen LogP contribution >= 0.6 is 0 Å². The summed E-state index contributed by atoms with van der Waals surface area (Å²) in [6, 6.07) is -4.89. The number of hydrogen-bond acceptors (Lipinski definition) is 9. The van der Waals surface area contributed by atoms with Gasteiger partial charge in [0.1, 0.15) is 18.1 Å². The average molecular weight is 559 g/mol. The summed E-state index contributed by atoms with van der Waals surface area (Å²) in [6.45, 7) is 0.474. The first-order chi connectivity index (χ1) is 18.3. The van der Waals surface area contributed by atoms with E-state index >= 15 is 0 Å². The number of carboxylic acids is 1. The first-order valence-electron chi connectivity index (χ1n) is 12.5. The second kappa shape index (κ2) is 19.1. The van der Waals surface area contributed by atoms with Crippen LogP contribution in [0.15, 0.2) is 4.99 Å². The van der Waals surface area contributed by atoms with Crippen molar-refractivity contribution >= 4 is 41.5 Å². The van der Waals surface area contributed by atoms with Gasteiger partial charge in [0.15, 0.2) is 5.96 Å². The molecule has 4 unspecified atom stereocenters. The molecule has 0 saturated heterocycles. The maximum Gasteiger partial charge on any atom is 0.326 e. The van der Waals surface area contributed by atoms with Crippen LogP contribution in [0.2, 0.25) is 0 Å². The standard InChI is InChI=1S/C22H42N10O7/c23-10-2-1-4-13(20(37)32-15(21(38)39)7-9-17(26)34)31-19(36)14(5-3-11-29-22(27)28)30-18(35)12(24)6-8-16(25)33/h12-15H,1-11,23-24H2,(H2,25,33)(H2,26,34)(H,30,35)(H,31,36)(H,32,37)(H,38,39)(H4,27,28,29). The lowest BCUT2D eigenvalue weighted by molar-refractivity contribution is -0.142. The first-order valence-corrected chi connectivity index (χ1v) is 12.5. The zero-order valence-electron chi connectivity index (χ0n) is 21.9. The largest absolute Gasteiger partial charge is 0.480 e. The summed E-state index contributed by atoms with van der Waals surface area (Å²) in [5.41, 5.74) is 32.1. The molecule has 0 aromatic carbocycles. The van der Waals surface area contributed by atoms with Crippen LogP contribution in [0.1, 0.15) is 57.8 Å². The summed E-state index contributed by atoms with van der Waals surface area (Å²) in [5.74, 6) is -5.20. The Balaban J connectivity index is 5.66. The molecule has 17 nitrogen and oxygen atoms in total. The van der Waals surface area contributed by atoms with E-state index < -0.39 is 59.7 Å². The van der Waals surface area contributed by atoms with E-state index in [1.54, 1.807) is 0 Å². The Morgan fingerprint density at radius 1 is 0.667 bits per heavy atom. The van der Waals surface area contributed by atoms with E-state index in [2.05, 4.69) is 20.9 Å². The van der Waals surface area contributed by atoms with E-state index in [1.807, 2.05) is 0 Å². The van der Waals surface area contributed by atoms with Crippen LogP contribution in [-0.4, -0.2) is 83.8 Å². The van der Waals surface area contributed by atoms with Crippen LogP contribution in [0.4, 0.5) is 0 Å².